The maximum Gasteiger partial charge on any atom is 0.241 e. The Morgan fingerprint density at radius 3 is 2.57 bits per heavy atom. The van der Waals surface area contributed by atoms with Crippen molar-refractivity contribution < 1.29 is 4.79 Å². The molecule has 0 fully saturated rings. The number of aromatic nitrogens is 2. The molecule has 3 rings (SSSR count). The van der Waals surface area contributed by atoms with Crippen molar-refractivity contribution in [2.75, 3.05) is 0 Å². The SMILES string of the molecule is CC[C@H](C)NC(=O)Cn1nc(-c2ccccc2)c2ccccc21. The van der Waals surface area contributed by atoms with Crippen LogP contribution in [0.1, 0.15) is 20.3 Å². The minimum atomic E-state index is -0.00721. The Morgan fingerprint density at radius 2 is 1.83 bits per heavy atom. The van der Waals surface area contributed by atoms with Crippen molar-refractivity contribution in [1.82, 2.24) is 15.1 Å². The number of fused-ring (bicyclic) bond motifs is 1. The highest BCUT2D eigenvalue weighted by Gasteiger charge is 2.14. The van der Waals surface area contributed by atoms with Crippen molar-refractivity contribution in [3.63, 3.8) is 0 Å². The number of hydrogen-bond acceptors (Lipinski definition) is 2. The van der Waals surface area contributed by atoms with E-state index in [2.05, 4.69) is 17.3 Å². The van der Waals surface area contributed by atoms with Crippen molar-refractivity contribution in [3.8, 4) is 11.3 Å². The molecule has 0 aliphatic carbocycles. The molecule has 1 heterocycles. The third-order valence-electron chi connectivity index (χ3n) is 4.02. The van der Waals surface area contributed by atoms with Gasteiger partial charge in [-0.15, -0.1) is 0 Å². The molecule has 2 aromatic carbocycles. The quantitative estimate of drug-likeness (QED) is 0.782. The summed E-state index contributed by atoms with van der Waals surface area (Å²) >= 11 is 0. The van der Waals surface area contributed by atoms with E-state index in [4.69, 9.17) is 0 Å². The van der Waals surface area contributed by atoms with Crippen LogP contribution in [0.15, 0.2) is 54.6 Å². The Kier molecular flexibility index (Phi) is 4.42. The molecular weight excluding hydrogens is 286 g/mol. The van der Waals surface area contributed by atoms with E-state index in [0.29, 0.717) is 0 Å². The molecule has 0 aliphatic rings. The van der Waals surface area contributed by atoms with Gasteiger partial charge in [-0.25, -0.2) is 0 Å². The second kappa shape index (κ2) is 6.65. The molecule has 118 valence electrons. The summed E-state index contributed by atoms with van der Waals surface area (Å²) in [5.41, 5.74) is 2.95. The van der Waals surface area contributed by atoms with Gasteiger partial charge in [0.1, 0.15) is 12.2 Å². The van der Waals surface area contributed by atoms with Crippen LogP contribution >= 0.6 is 0 Å². The highest BCUT2D eigenvalue weighted by molar-refractivity contribution is 5.94. The summed E-state index contributed by atoms with van der Waals surface area (Å²) in [7, 11) is 0. The molecule has 0 saturated heterocycles. The van der Waals surface area contributed by atoms with E-state index in [0.717, 1.165) is 28.6 Å². The number of benzene rings is 2. The molecule has 0 spiro atoms. The van der Waals surface area contributed by atoms with Gasteiger partial charge in [0.2, 0.25) is 5.91 Å². The van der Waals surface area contributed by atoms with Gasteiger partial charge in [0, 0.05) is 17.0 Å². The van der Waals surface area contributed by atoms with Gasteiger partial charge in [-0.2, -0.15) is 5.10 Å². The van der Waals surface area contributed by atoms with Crippen molar-refractivity contribution in [1.29, 1.82) is 0 Å². The zero-order chi connectivity index (χ0) is 16.2. The Morgan fingerprint density at radius 1 is 1.13 bits per heavy atom. The fraction of sp³-hybridized carbons (Fsp3) is 0.263. The number of nitrogens with zero attached hydrogens (tertiary/aromatic N) is 2. The van der Waals surface area contributed by atoms with Crippen LogP contribution in [-0.4, -0.2) is 21.7 Å². The number of hydrogen-bond donors (Lipinski definition) is 1. The van der Waals surface area contributed by atoms with E-state index in [1.807, 2.05) is 61.5 Å². The molecule has 1 atom stereocenters. The monoisotopic (exact) mass is 307 g/mol. The van der Waals surface area contributed by atoms with E-state index < -0.39 is 0 Å². The summed E-state index contributed by atoms with van der Waals surface area (Å²) in [6.07, 6.45) is 0.918. The smallest absolute Gasteiger partial charge is 0.241 e. The summed E-state index contributed by atoms with van der Waals surface area (Å²) < 4.78 is 1.79. The lowest BCUT2D eigenvalue weighted by molar-refractivity contribution is -0.122. The summed E-state index contributed by atoms with van der Waals surface area (Å²) in [6, 6.07) is 18.3. The Bertz CT molecular complexity index is 808. The third kappa shape index (κ3) is 3.26. The van der Waals surface area contributed by atoms with Crippen LogP contribution in [0.5, 0.6) is 0 Å². The lowest BCUT2D eigenvalue weighted by atomic mass is 10.1. The topological polar surface area (TPSA) is 46.9 Å². The normalized spacial score (nSPS) is 12.3. The first-order chi connectivity index (χ1) is 11.2. The molecular formula is C19H21N3O. The van der Waals surface area contributed by atoms with Crippen LogP contribution in [-0.2, 0) is 11.3 Å². The summed E-state index contributed by atoms with van der Waals surface area (Å²) in [5, 5.41) is 8.75. The standard InChI is InChI=1S/C19H21N3O/c1-3-14(2)20-18(23)13-22-17-12-8-7-11-16(17)19(21-22)15-9-5-4-6-10-15/h4-12,14H,3,13H2,1-2H3,(H,20,23)/t14-/m0/s1. The molecule has 3 aromatic rings. The van der Waals surface area contributed by atoms with E-state index in [-0.39, 0.29) is 18.5 Å². The summed E-state index contributed by atoms with van der Waals surface area (Å²) in [4.78, 5) is 12.2. The number of para-hydroxylation sites is 1. The van der Waals surface area contributed by atoms with Crippen LogP contribution < -0.4 is 5.32 Å². The predicted octanol–water partition coefficient (Wildman–Crippen LogP) is 3.62. The van der Waals surface area contributed by atoms with Crippen LogP contribution in [0.2, 0.25) is 0 Å². The second-order valence-corrected chi connectivity index (χ2v) is 5.77. The van der Waals surface area contributed by atoms with E-state index in [9.17, 15) is 4.79 Å². The molecule has 4 nitrogen and oxygen atoms in total. The maximum atomic E-state index is 12.2. The zero-order valence-corrected chi connectivity index (χ0v) is 13.5. The molecule has 0 radical (unpaired) electrons. The molecule has 1 aromatic heterocycles. The predicted molar refractivity (Wildman–Crippen MR) is 93.1 cm³/mol. The fourth-order valence-electron chi connectivity index (χ4n) is 2.62. The van der Waals surface area contributed by atoms with E-state index >= 15 is 0 Å². The van der Waals surface area contributed by atoms with Gasteiger partial charge < -0.3 is 5.32 Å². The van der Waals surface area contributed by atoms with Crippen molar-refractivity contribution in [3.05, 3.63) is 54.6 Å². The van der Waals surface area contributed by atoms with Crippen LogP contribution in [0.3, 0.4) is 0 Å². The number of nitrogens with one attached hydrogen (secondary N) is 1. The minimum Gasteiger partial charge on any atom is -0.352 e. The van der Waals surface area contributed by atoms with Crippen molar-refractivity contribution >= 4 is 16.8 Å². The van der Waals surface area contributed by atoms with Crippen LogP contribution in [0.25, 0.3) is 22.2 Å². The fourth-order valence-corrected chi connectivity index (χ4v) is 2.62. The highest BCUT2D eigenvalue weighted by atomic mass is 16.2. The van der Waals surface area contributed by atoms with Crippen LogP contribution in [0, 0.1) is 0 Å². The van der Waals surface area contributed by atoms with E-state index in [1.165, 1.54) is 0 Å². The Labute approximate surface area is 136 Å². The number of carbonyl (C=O) groups excluding carboxylic acids is 1. The van der Waals surface area contributed by atoms with Gasteiger partial charge in [0.25, 0.3) is 0 Å². The second-order valence-electron chi connectivity index (χ2n) is 5.77. The Hall–Kier alpha value is -2.62. The van der Waals surface area contributed by atoms with Gasteiger partial charge in [0.15, 0.2) is 0 Å². The first-order valence-electron chi connectivity index (χ1n) is 7.99. The number of carbonyl (C=O) groups is 1. The van der Waals surface area contributed by atoms with Gasteiger partial charge in [0.05, 0.1) is 5.52 Å². The summed E-state index contributed by atoms with van der Waals surface area (Å²) in [5.74, 6) is -0.00721. The molecule has 23 heavy (non-hydrogen) atoms. The lowest BCUT2D eigenvalue weighted by Gasteiger charge is -2.11. The van der Waals surface area contributed by atoms with Crippen LogP contribution in [0.4, 0.5) is 0 Å². The molecule has 0 unspecified atom stereocenters. The molecule has 0 saturated carbocycles. The van der Waals surface area contributed by atoms with Gasteiger partial charge in [-0.1, -0.05) is 55.5 Å². The minimum absolute atomic E-state index is 0.00721. The molecule has 0 bridgehead atoms. The highest BCUT2D eigenvalue weighted by Crippen LogP contribution is 2.27. The zero-order valence-electron chi connectivity index (χ0n) is 13.5. The number of amides is 1. The largest absolute Gasteiger partial charge is 0.352 e. The van der Waals surface area contributed by atoms with Gasteiger partial charge >= 0.3 is 0 Å². The van der Waals surface area contributed by atoms with Crippen molar-refractivity contribution in [2.24, 2.45) is 0 Å². The molecule has 0 aliphatic heterocycles. The molecule has 1 amide bonds. The average molecular weight is 307 g/mol. The summed E-state index contributed by atoms with van der Waals surface area (Å²) in [6.45, 7) is 4.30. The first-order valence-corrected chi connectivity index (χ1v) is 7.99. The third-order valence-corrected chi connectivity index (χ3v) is 4.02. The maximum absolute atomic E-state index is 12.2. The molecule has 1 N–H and O–H groups in total. The lowest BCUT2D eigenvalue weighted by Crippen LogP contribution is -2.34. The van der Waals surface area contributed by atoms with Gasteiger partial charge in [-0.3, -0.25) is 9.48 Å². The average Bonchev–Trinajstić information content (AvgIpc) is 2.94. The van der Waals surface area contributed by atoms with E-state index in [1.54, 1.807) is 4.68 Å². The number of rotatable bonds is 5. The first kappa shape index (κ1) is 15.3. The molecule has 4 heteroatoms. The van der Waals surface area contributed by atoms with Gasteiger partial charge in [-0.05, 0) is 19.4 Å². The van der Waals surface area contributed by atoms with Crippen molar-refractivity contribution in [2.45, 2.75) is 32.9 Å². The Balaban J connectivity index is 1.97.